The van der Waals surface area contributed by atoms with E-state index in [-0.39, 0.29) is 24.2 Å². The molecule has 0 bridgehead atoms. The highest BCUT2D eigenvalue weighted by Crippen LogP contribution is 2.20. The zero-order valence-corrected chi connectivity index (χ0v) is 16.8. The Morgan fingerprint density at radius 1 is 1.11 bits per heavy atom. The molecule has 2 amide bonds. The van der Waals surface area contributed by atoms with Crippen molar-refractivity contribution >= 4 is 23.5 Å². The van der Waals surface area contributed by atoms with Crippen LogP contribution >= 0.6 is 0 Å². The third kappa shape index (κ3) is 7.18. The SMILES string of the molecule is CCOC(=O)c1ccc(NC(=O)CCN(CCC2=CCCCC2)C(C)=O)cc1. The highest BCUT2D eigenvalue weighted by Gasteiger charge is 2.13. The van der Waals surface area contributed by atoms with Crippen molar-refractivity contribution in [2.24, 2.45) is 0 Å². The fourth-order valence-electron chi connectivity index (χ4n) is 3.20. The minimum Gasteiger partial charge on any atom is -0.462 e. The van der Waals surface area contributed by atoms with Gasteiger partial charge in [-0.1, -0.05) is 11.6 Å². The quantitative estimate of drug-likeness (QED) is 0.515. The van der Waals surface area contributed by atoms with Crippen LogP contribution in [0.15, 0.2) is 35.9 Å². The van der Waals surface area contributed by atoms with Crippen LogP contribution in [-0.2, 0) is 14.3 Å². The van der Waals surface area contributed by atoms with Crippen LogP contribution < -0.4 is 5.32 Å². The monoisotopic (exact) mass is 386 g/mol. The van der Waals surface area contributed by atoms with Crippen LogP contribution in [0.5, 0.6) is 0 Å². The number of anilines is 1. The minimum absolute atomic E-state index is 0.0111. The zero-order valence-electron chi connectivity index (χ0n) is 16.8. The number of allylic oxidation sites excluding steroid dienone is 1. The van der Waals surface area contributed by atoms with E-state index < -0.39 is 0 Å². The zero-order chi connectivity index (χ0) is 20.4. The molecule has 0 atom stereocenters. The Labute approximate surface area is 166 Å². The molecule has 0 aliphatic heterocycles. The van der Waals surface area contributed by atoms with Gasteiger partial charge in [-0.05, 0) is 63.3 Å². The molecule has 0 heterocycles. The number of benzene rings is 1. The van der Waals surface area contributed by atoms with Crippen LogP contribution in [0.2, 0.25) is 0 Å². The lowest BCUT2D eigenvalue weighted by Crippen LogP contribution is -2.33. The first kappa shape index (κ1) is 21.7. The van der Waals surface area contributed by atoms with Crippen molar-refractivity contribution in [3.63, 3.8) is 0 Å². The molecule has 0 fully saturated rings. The number of esters is 1. The Balaban J connectivity index is 1.79. The van der Waals surface area contributed by atoms with E-state index in [1.54, 1.807) is 43.0 Å². The molecular formula is C22H30N2O4. The van der Waals surface area contributed by atoms with E-state index in [4.69, 9.17) is 4.74 Å². The smallest absolute Gasteiger partial charge is 0.338 e. The normalized spacial score (nSPS) is 13.4. The molecule has 1 N–H and O–H groups in total. The van der Waals surface area contributed by atoms with Crippen LogP contribution in [0.3, 0.4) is 0 Å². The predicted octanol–water partition coefficient (Wildman–Crippen LogP) is 3.93. The fourth-order valence-corrected chi connectivity index (χ4v) is 3.20. The van der Waals surface area contributed by atoms with Gasteiger partial charge in [0, 0.05) is 32.1 Å². The second kappa shape index (κ2) is 11.3. The summed E-state index contributed by atoms with van der Waals surface area (Å²) in [7, 11) is 0. The summed E-state index contributed by atoms with van der Waals surface area (Å²) in [5.41, 5.74) is 2.48. The Hall–Kier alpha value is -2.63. The van der Waals surface area contributed by atoms with E-state index in [2.05, 4.69) is 11.4 Å². The molecule has 152 valence electrons. The number of carbonyl (C=O) groups is 3. The first-order valence-electron chi connectivity index (χ1n) is 10.00. The number of carbonyl (C=O) groups excluding carboxylic acids is 3. The Morgan fingerprint density at radius 2 is 1.86 bits per heavy atom. The van der Waals surface area contributed by atoms with Gasteiger partial charge in [-0.25, -0.2) is 4.79 Å². The fraction of sp³-hybridized carbons (Fsp3) is 0.500. The lowest BCUT2D eigenvalue weighted by atomic mass is 9.97. The van der Waals surface area contributed by atoms with Gasteiger partial charge in [0.2, 0.25) is 11.8 Å². The topological polar surface area (TPSA) is 75.7 Å². The maximum Gasteiger partial charge on any atom is 0.338 e. The maximum atomic E-state index is 12.2. The number of hydrogen-bond donors (Lipinski definition) is 1. The van der Waals surface area contributed by atoms with Crippen LogP contribution in [0.1, 0.15) is 62.7 Å². The van der Waals surface area contributed by atoms with Crippen molar-refractivity contribution in [2.45, 2.75) is 52.4 Å². The van der Waals surface area contributed by atoms with Crippen molar-refractivity contribution in [1.29, 1.82) is 0 Å². The number of amides is 2. The van der Waals surface area contributed by atoms with E-state index in [1.807, 2.05) is 0 Å². The van der Waals surface area contributed by atoms with E-state index in [0.29, 0.717) is 30.9 Å². The molecule has 1 aliphatic carbocycles. The molecule has 0 aromatic heterocycles. The summed E-state index contributed by atoms with van der Waals surface area (Å²) in [6.45, 7) is 4.67. The van der Waals surface area contributed by atoms with Crippen molar-refractivity contribution in [1.82, 2.24) is 4.90 Å². The summed E-state index contributed by atoms with van der Waals surface area (Å²) in [4.78, 5) is 37.5. The second-order valence-corrected chi connectivity index (χ2v) is 6.96. The third-order valence-electron chi connectivity index (χ3n) is 4.82. The van der Waals surface area contributed by atoms with Crippen LogP contribution in [0.4, 0.5) is 5.69 Å². The second-order valence-electron chi connectivity index (χ2n) is 6.96. The number of ether oxygens (including phenoxy) is 1. The summed E-state index contributed by atoms with van der Waals surface area (Å²) in [5, 5.41) is 2.80. The van der Waals surface area contributed by atoms with Gasteiger partial charge in [-0.15, -0.1) is 0 Å². The molecule has 2 rings (SSSR count). The molecule has 28 heavy (non-hydrogen) atoms. The van der Waals surface area contributed by atoms with Gasteiger partial charge in [0.15, 0.2) is 0 Å². The molecule has 6 heteroatoms. The van der Waals surface area contributed by atoms with E-state index in [1.165, 1.54) is 18.4 Å². The molecule has 0 radical (unpaired) electrons. The van der Waals surface area contributed by atoms with Crippen LogP contribution in [0.25, 0.3) is 0 Å². The summed E-state index contributed by atoms with van der Waals surface area (Å²) < 4.78 is 4.94. The first-order valence-corrected chi connectivity index (χ1v) is 10.00. The molecule has 1 aromatic rings. The largest absolute Gasteiger partial charge is 0.462 e. The average Bonchev–Trinajstić information content (AvgIpc) is 2.69. The molecular weight excluding hydrogens is 356 g/mol. The highest BCUT2D eigenvalue weighted by atomic mass is 16.5. The molecule has 0 unspecified atom stereocenters. The van der Waals surface area contributed by atoms with Crippen molar-refractivity contribution in [3.05, 3.63) is 41.5 Å². The molecule has 0 saturated heterocycles. The summed E-state index contributed by atoms with van der Waals surface area (Å²) in [6.07, 6.45) is 8.13. The Morgan fingerprint density at radius 3 is 2.46 bits per heavy atom. The standard InChI is InChI=1S/C22H30N2O4/c1-3-28-22(27)19-9-11-20(12-10-19)23-21(26)14-16-24(17(2)25)15-13-18-7-5-4-6-8-18/h7,9-12H,3-6,8,13-16H2,1-2H3,(H,23,26). The van der Waals surface area contributed by atoms with Gasteiger partial charge in [-0.3, -0.25) is 9.59 Å². The lowest BCUT2D eigenvalue weighted by Gasteiger charge is -2.22. The molecule has 6 nitrogen and oxygen atoms in total. The molecule has 1 aromatic carbocycles. The first-order chi connectivity index (χ1) is 13.5. The van der Waals surface area contributed by atoms with E-state index in [0.717, 1.165) is 19.3 Å². The summed E-state index contributed by atoms with van der Waals surface area (Å²) in [5.74, 6) is -0.555. The van der Waals surface area contributed by atoms with Gasteiger partial charge in [0.05, 0.1) is 12.2 Å². The van der Waals surface area contributed by atoms with Gasteiger partial charge in [-0.2, -0.15) is 0 Å². The predicted molar refractivity (Wildman–Crippen MR) is 109 cm³/mol. The molecule has 0 spiro atoms. The van der Waals surface area contributed by atoms with Crippen LogP contribution in [-0.4, -0.2) is 42.4 Å². The van der Waals surface area contributed by atoms with Gasteiger partial charge in [0.25, 0.3) is 0 Å². The average molecular weight is 386 g/mol. The third-order valence-corrected chi connectivity index (χ3v) is 4.82. The number of rotatable bonds is 9. The van der Waals surface area contributed by atoms with Crippen molar-refractivity contribution < 1.29 is 19.1 Å². The summed E-state index contributed by atoms with van der Waals surface area (Å²) >= 11 is 0. The van der Waals surface area contributed by atoms with Gasteiger partial charge < -0.3 is 15.0 Å². The summed E-state index contributed by atoms with van der Waals surface area (Å²) in [6, 6.07) is 6.58. The van der Waals surface area contributed by atoms with E-state index in [9.17, 15) is 14.4 Å². The Bertz CT molecular complexity index is 710. The van der Waals surface area contributed by atoms with Crippen molar-refractivity contribution in [3.8, 4) is 0 Å². The minimum atomic E-state index is -0.384. The van der Waals surface area contributed by atoms with Gasteiger partial charge >= 0.3 is 5.97 Å². The lowest BCUT2D eigenvalue weighted by molar-refractivity contribution is -0.129. The Kier molecular flexibility index (Phi) is 8.72. The molecule has 0 saturated carbocycles. The number of hydrogen-bond acceptors (Lipinski definition) is 4. The molecule has 1 aliphatic rings. The number of nitrogens with one attached hydrogen (secondary N) is 1. The van der Waals surface area contributed by atoms with E-state index >= 15 is 0 Å². The number of nitrogens with zero attached hydrogens (tertiary/aromatic N) is 1. The van der Waals surface area contributed by atoms with Gasteiger partial charge in [0.1, 0.15) is 0 Å². The highest BCUT2D eigenvalue weighted by molar-refractivity contribution is 5.93. The van der Waals surface area contributed by atoms with Crippen LogP contribution in [0, 0.1) is 0 Å². The maximum absolute atomic E-state index is 12.2. The van der Waals surface area contributed by atoms with Crippen molar-refractivity contribution in [2.75, 3.05) is 25.0 Å².